The Bertz CT molecular complexity index is 571. The molecule has 0 aliphatic carbocycles. The number of rotatable bonds is 3. The summed E-state index contributed by atoms with van der Waals surface area (Å²) >= 11 is 0.948. The Kier molecular flexibility index (Phi) is 3.93. The van der Waals surface area contributed by atoms with Crippen molar-refractivity contribution in [1.29, 1.82) is 0 Å². The number of carbonyl (C=O) groups excluding carboxylic acids is 1. The minimum Gasteiger partial charge on any atom is -0.464 e. The van der Waals surface area contributed by atoms with Gasteiger partial charge in [-0.1, -0.05) is 13.8 Å². The Hall–Kier alpha value is -0.990. The molecule has 1 aliphatic rings. The van der Waals surface area contributed by atoms with Crippen LogP contribution in [0.1, 0.15) is 24.3 Å². The van der Waals surface area contributed by atoms with Crippen molar-refractivity contribution in [3.8, 4) is 0 Å². The number of sulfonamides is 1. The summed E-state index contributed by atoms with van der Waals surface area (Å²) in [5.41, 5.74) is 1.22. The Morgan fingerprint density at radius 1 is 1.42 bits per heavy atom. The molecule has 0 bridgehead atoms. The second-order valence-corrected chi connectivity index (χ2v) is 7.74. The highest BCUT2D eigenvalue weighted by molar-refractivity contribution is 7.91. The number of esters is 1. The van der Waals surface area contributed by atoms with Crippen LogP contribution < -0.4 is 0 Å². The van der Waals surface area contributed by atoms with E-state index in [1.54, 1.807) is 0 Å². The quantitative estimate of drug-likeness (QED) is 0.784. The van der Waals surface area contributed by atoms with Crippen LogP contribution in [0.4, 0.5) is 0 Å². The number of hydrogen-bond donors (Lipinski definition) is 0. The number of aromatic nitrogens is 1. The lowest BCUT2D eigenvalue weighted by molar-refractivity contribution is 0.0590. The second-order valence-electron chi connectivity index (χ2n) is 4.76. The molecule has 0 radical (unpaired) electrons. The van der Waals surface area contributed by atoms with E-state index in [1.807, 2.05) is 13.8 Å². The molecule has 6 nitrogen and oxygen atoms in total. The highest BCUT2D eigenvalue weighted by Gasteiger charge is 2.38. The zero-order valence-electron chi connectivity index (χ0n) is 11.0. The lowest BCUT2D eigenvalue weighted by Crippen LogP contribution is -2.29. The van der Waals surface area contributed by atoms with Gasteiger partial charge in [0.05, 0.1) is 12.6 Å². The first-order chi connectivity index (χ1) is 8.87. The summed E-state index contributed by atoms with van der Waals surface area (Å²) in [6.45, 7) is 4.99. The first-order valence-corrected chi connectivity index (χ1v) is 8.21. The van der Waals surface area contributed by atoms with Crippen molar-refractivity contribution >= 4 is 27.3 Å². The Balaban J connectivity index is 2.36. The van der Waals surface area contributed by atoms with Gasteiger partial charge in [0.15, 0.2) is 9.90 Å². The number of methoxy groups -OCH3 is 1. The third-order valence-electron chi connectivity index (χ3n) is 3.44. The largest absolute Gasteiger partial charge is 0.464 e. The van der Waals surface area contributed by atoms with E-state index in [4.69, 9.17) is 0 Å². The maximum Gasteiger partial charge on any atom is 0.358 e. The average Bonchev–Trinajstić information content (AvgIpc) is 2.97. The summed E-state index contributed by atoms with van der Waals surface area (Å²) in [6, 6.07) is 0. The monoisotopic (exact) mass is 304 g/mol. The molecule has 8 heteroatoms. The van der Waals surface area contributed by atoms with Crippen LogP contribution in [-0.2, 0) is 14.8 Å². The molecule has 2 unspecified atom stereocenters. The van der Waals surface area contributed by atoms with Gasteiger partial charge in [0.2, 0.25) is 0 Å². The van der Waals surface area contributed by atoms with Crippen molar-refractivity contribution in [1.82, 2.24) is 9.29 Å². The third-order valence-corrected chi connectivity index (χ3v) is 6.62. The van der Waals surface area contributed by atoms with Crippen LogP contribution in [0, 0.1) is 11.8 Å². The zero-order chi connectivity index (χ0) is 14.2. The van der Waals surface area contributed by atoms with Crippen LogP contribution in [0.15, 0.2) is 9.72 Å². The van der Waals surface area contributed by atoms with Crippen LogP contribution in [-0.4, -0.2) is 43.9 Å². The van der Waals surface area contributed by atoms with Crippen LogP contribution in [0.5, 0.6) is 0 Å². The summed E-state index contributed by atoms with van der Waals surface area (Å²) in [5, 5.41) is 0. The van der Waals surface area contributed by atoms with E-state index in [-0.39, 0.29) is 9.90 Å². The highest BCUT2D eigenvalue weighted by Crippen LogP contribution is 2.31. The molecule has 0 aromatic carbocycles. The van der Waals surface area contributed by atoms with Crippen molar-refractivity contribution in [3.63, 3.8) is 0 Å². The number of nitrogens with zero attached hydrogens (tertiary/aromatic N) is 2. The van der Waals surface area contributed by atoms with Crippen LogP contribution in [0.25, 0.3) is 0 Å². The fourth-order valence-electron chi connectivity index (χ4n) is 2.04. The van der Waals surface area contributed by atoms with Crippen molar-refractivity contribution in [3.05, 3.63) is 11.2 Å². The van der Waals surface area contributed by atoms with Gasteiger partial charge in [-0.3, -0.25) is 0 Å². The molecular weight excluding hydrogens is 288 g/mol. The van der Waals surface area contributed by atoms with Crippen LogP contribution >= 0.6 is 11.3 Å². The standard InChI is InChI=1S/C11H16N2O4S2/c1-7-4-13(5-8(7)2)19(15,16)11-9(10(14)17-3)12-6-18-11/h6-8H,4-5H2,1-3H3. The van der Waals surface area contributed by atoms with Crippen molar-refractivity contribution in [2.45, 2.75) is 18.1 Å². The molecule has 0 N–H and O–H groups in total. The van der Waals surface area contributed by atoms with Crippen molar-refractivity contribution in [2.24, 2.45) is 11.8 Å². The first-order valence-electron chi connectivity index (χ1n) is 5.90. The minimum atomic E-state index is -3.66. The topological polar surface area (TPSA) is 76.6 Å². The Morgan fingerprint density at radius 2 is 2.00 bits per heavy atom. The lowest BCUT2D eigenvalue weighted by Gasteiger charge is -2.15. The lowest BCUT2D eigenvalue weighted by atomic mass is 10.0. The molecule has 1 aliphatic heterocycles. The summed E-state index contributed by atoms with van der Waals surface area (Å²) in [6.07, 6.45) is 0. The van der Waals surface area contributed by atoms with E-state index in [0.717, 1.165) is 11.3 Å². The molecule has 0 spiro atoms. The summed E-state index contributed by atoms with van der Waals surface area (Å²) in [4.78, 5) is 15.3. The molecule has 1 saturated heterocycles. The van der Waals surface area contributed by atoms with E-state index < -0.39 is 16.0 Å². The van der Waals surface area contributed by atoms with Gasteiger partial charge in [0.25, 0.3) is 10.0 Å². The maximum atomic E-state index is 12.5. The summed E-state index contributed by atoms with van der Waals surface area (Å²) in [5.74, 6) is -0.103. The SMILES string of the molecule is COC(=O)c1ncsc1S(=O)(=O)N1CC(C)C(C)C1. The van der Waals surface area contributed by atoms with Gasteiger partial charge in [-0.05, 0) is 11.8 Å². The normalized spacial score (nSPS) is 24.6. The Labute approximate surface area is 116 Å². The fraction of sp³-hybridized carbons (Fsp3) is 0.636. The van der Waals surface area contributed by atoms with Crippen LogP contribution in [0.2, 0.25) is 0 Å². The fourth-order valence-corrected chi connectivity index (χ4v) is 4.95. The smallest absolute Gasteiger partial charge is 0.358 e. The molecule has 1 fully saturated rings. The molecule has 0 saturated carbocycles. The van der Waals surface area contributed by atoms with E-state index >= 15 is 0 Å². The van der Waals surface area contributed by atoms with E-state index in [1.165, 1.54) is 16.9 Å². The van der Waals surface area contributed by atoms with Gasteiger partial charge in [0, 0.05) is 13.1 Å². The average molecular weight is 304 g/mol. The highest BCUT2D eigenvalue weighted by atomic mass is 32.2. The maximum absolute atomic E-state index is 12.5. The minimum absolute atomic E-state index is 0.0272. The van der Waals surface area contributed by atoms with Crippen LogP contribution in [0.3, 0.4) is 0 Å². The van der Waals surface area contributed by atoms with E-state index in [0.29, 0.717) is 24.9 Å². The van der Waals surface area contributed by atoms with Gasteiger partial charge in [-0.2, -0.15) is 4.31 Å². The zero-order valence-corrected chi connectivity index (χ0v) is 12.6. The molecular formula is C11H16N2O4S2. The molecule has 1 aromatic rings. The number of hydrogen-bond acceptors (Lipinski definition) is 6. The second kappa shape index (κ2) is 5.18. The molecule has 2 heterocycles. The van der Waals surface area contributed by atoms with Crippen molar-refractivity contribution < 1.29 is 17.9 Å². The third kappa shape index (κ3) is 2.52. The number of carbonyl (C=O) groups is 1. The predicted molar refractivity (Wildman–Crippen MR) is 70.5 cm³/mol. The van der Waals surface area contributed by atoms with Crippen molar-refractivity contribution in [2.75, 3.05) is 20.2 Å². The van der Waals surface area contributed by atoms with Gasteiger partial charge < -0.3 is 4.74 Å². The number of ether oxygens (including phenoxy) is 1. The molecule has 19 heavy (non-hydrogen) atoms. The molecule has 106 valence electrons. The molecule has 2 rings (SSSR count). The van der Waals surface area contributed by atoms with Gasteiger partial charge in [-0.25, -0.2) is 18.2 Å². The van der Waals surface area contributed by atoms with E-state index in [2.05, 4.69) is 9.72 Å². The number of thiazole rings is 1. The van der Waals surface area contributed by atoms with Gasteiger partial charge in [-0.15, -0.1) is 11.3 Å². The Morgan fingerprint density at radius 3 is 2.53 bits per heavy atom. The summed E-state index contributed by atoms with van der Waals surface area (Å²) < 4.78 is 31.0. The first kappa shape index (κ1) is 14.4. The van der Waals surface area contributed by atoms with Gasteiger partial charge >= 0.3 is 5.97 Å². The van der Waals surface area contributed by atoms with Gasteiger partial charge in [0.1, 0.15) is 0 Å². The molecule has 1 aromatic heterocycles. The summed E-state index contributed by atoms with van der Waals surface area (Å²) in [7, 11) is -2.45. The molecule has 0 amide bonds. The van der Waals surface area contributed by atoms with E-state index in [9.17, 15) is 13.2 Å². The molecule has 2 atom stereocenters. The predicted octanol–water partition coefficient (Wildman–Crippen LogP) is 1.21.